The number of hydrazine groups is 4. The van der Waals surface area contributed by atoms with E-state index in [0.29, 0.717) is 0 Å². The monoisotopic (exact) mass is 494 g/mol. The summed E-state index contributed by atoms with van der Waals surface area (Å²) in [6.45, 7) is 3.29. The minimum Gasteiger partial charge on any atom is -0.243 e. The minimum absolute atomic E-state index is 1.01. The average Bonchev–Trinajstić information content (AvgIpc) is 2.86. The summed E-state index contributed by atoms with van der Waals surface area (Å²) in [6, 6.07) is 0. The summed E-state index contributed by atoms with van der Waals surface area (Å²) in [5, 5.41) is 2.39. The van der Waals surface area contributed by atoms with Gasteiger partial charge in [0.05, 0.1) is 0 Å². The first kappa shape index (κ1) is 31.0. The van der Waals surface area contributed by atoms with Crippen LogP contribution >= 0.6 is 0 Å². The van der Waals surface area contributed by atoms with Gasteiger partial charge in [-0.05, 0) is 25.2 Å². The van der Waals surface area contributed by atoms with Crippen LogP contribution in [0.15, 0.2) is 0 Å². The Morgan fingerprint density at radius 1 is 0.371 bits per heavy atom. The number of hydrogen-bond donors (Lipinski definition) is 4. The lowest BCUT2D eigenvalue weighted by molar-refractivity contribution is 0.121. The Hall–Kier alpha value is -0.200. The molecule has 3 fully saturated rings. The topological polar surface area (TPSA) is 51.4 Å². The molecule has 35 heavy (non-hydrogen) atoms. The summed E-state index contributed by atoms with van der Waals surface area (Å²) in [6.07, 6.45) is 37.1. The summed E-state index contributed by atoms with van der Waals surface area (Å²) in [5.74, 6) is 1.01. The summed E-state index contributed by atoms with van der Waals surface area (Å²) < 4.78 is 0. The fourth-order valence-electron chi connectivity index (χ4n) is 5.99. The van der Waals surface area contributed by atoms with Crippen molar-refractivity contribution in [2.24, 2.45) is 5.92 Å². The molecule has 0 aromatic carbocycles. The highest BCUT2D eigenvalue weighted by Gasteiger charge is 2.09. The maximum absolute atomic E-state index is 3.41. The molecular weight excluding hydrogens is 430 g/mol. The molecule has 0 aliphatic carbocycles. The minimum atomic E-state index is 1.01. The number of rotatable bonds is 0. The molecule has 0 amide bonds. The molecule has 4 N–H and O–H groups in total. The van der Waals surface area contributed by atoms with Gasteiger partial charge in [0.25, 0.3) is 0 Å². The van der Waals surface area contributed by atoms with E-state index in [1.54, 1.807) is 0 Å². The molecule has 0 atom stereocenters. The summed E-state index contributed by atoms with van der Waals surface area (Å²) in [5.41, 5.74) is 13.1. The molecule has 5 heteroatoms. The molecule has 0 spiro atoms. The van der Waals surface area contributed by atoms with Crippen LogP contribution in [0.3, 0.4) is 0 Å². The number of nitrogens with zero attached hydrogens (tertiary/aromatic N) is 1. The zero-order valence-corrected chi connectivity index (χ0v) is 23.5. The second-order valence-corrected chi connectivity index (χ2v) is 11.6. The Morgan fingerprint density at radius 3 is 1.20 bits per heavy atom. The van der Waals surface area contributed by atoms with Crippen LogP contribution in [0.1, 0.15) is 167 Å². The van der Waals surface area contributed by atoms with Crippen molar-refractivity contribution in [3.8, 4) is 0 Å². The van der Waals surface area contributed by atoms with E-state index in [2.05, 4.69) is 27.0 Å². The number of hydrogen-bond acceptors (Lipinski definition) is 5. The molecule has 3 rings (SSSR count). The van der Waals surface area contributed by atoms with Gasteiger partial charge in [-0.15, -0.1) is 0 Å². The van der Waals surface area contributed by atoms with E-state index in [1.807, 2.05) is 0 Å². The van der Waals surface area contributed by atoms with Crippen molar-refractivity contribution in [3.05, 3.63) is 0 Å². The molecular formula is C30H63N5. The summed E-state index contributed by atoms with van der Waals surface area (Å²) >= 11 is 0. The van der Waals surface area contributed by atoms with Crippen LogP contribution in [0.5, 0.6) is 0 Å². The van der Waals surface area contributed by atoms with Gasteiger partial charge in [-0.1, -0.05) is 148 Å². The van der Waals surface area contributed by atoms with Gasteiger partial charge >= 0.3 is 0 Å². The van der Waals surface area contributed by atoms with E-state index in [1.165, 1.54) is 167 Å². The predicted molar refractivity (Wildman–Crippen MR) is 153 cm³/mol. The standard InChI is InChI=1S/C30H63N5/c1-3-7-12-18-24-30-25-19-13-8-4-2-6-10-17-23-29-35(28-22-16-9-5-1)34-33-32-31-27-21-15-11-14-20-26-30/h30-34H,1-29H2. The van der Waals surface area contributed by atoms with E-state index in [9.17, 15) is 0 Å². The SMILES string of the molecule is C1CCCCCC2CCCCCCCCCCCN(CCCCC1)NNNNCCCCCCC2. The Morgan fingerprint density at radius 2 is 0.743 bits per heavy atom. The largest absolute Gasteiger partial charge is 0.243 e. The third-order valence-electron chi connectivity index (χ3n) is 8.36. The molecule has 0 radical (unpaired) electrons. The lowest BCUT2D eigenvalue weighted by atomic mass is 9.89. The van der Waals surface area contributed by atoms with Gasteiger partial charge in [0, 0.05) is 19.6 Å². The Kier molecular flexibility index (Phi) is 21.4. The molecule has 208 valence electrons. The zero-order chi connectivity index (χ0) is 24.5. The van der Waals surface area contributed by atoms with E-state index < -0.39 is 0 Å². The molecule has 3 aliphatic rings. The van der Waals surface area contributed by atoms with Gasteiger partial charge in [0.15, 0.2) is 0 Å². The highest BCUT2D eigenvalue weighted by atomic mass is 15.8. The number of fused-ring (bicyclic) bond motifs is 30. The highest BCUT2D eigenvalue weighted by Crippen LogP contribution is 2.25. The van der Waals surface area contributed by atoms with Crippen LogP contribution in [-0.2, 0) is 0 Å². The third-order valence-corrected chi connectivity index (χ3v) is 8.36. The van der Waals surface area contributed by atoms with Crippen LogP contribution in [0.4, 0.5) is 0 Å². The van der Waals surface area contributed by atoms with Gasteiger partial charge in [-0.3, -0.25) is 0 Å². The number of nitrogens with one attached hydrogen (secondary N) is 4. The van der Waals surface area contributed by atoms with Crippen molar-refractivity contribution in [2.75, 3.05) is 19.6 Å². The lowest BCUT2D eigenvalue weighted by Crippen LogP contribution is -2.57. The lowest BCUT2D eigenvalue weighted by Gasteiger charge is -2.24. The van der Waals surface area contributed by atoms with Crippen molar-refractivity contribution < 1.29 is 0 Å². The van der Waals surface area contributed by atoms with Crippen molar-refractivity contribution in [1.29, 1.82) is 0 Å². The first-order chi connectivity index (χ1) is 17.4. The summed E-state index contributed by atoms with van der Waals surface area (Å²) in [7, 11) is 0. The van der Waals surface area contributed by atoms with Crippen molar-refractivity contribution in [2.45, 2.75) is 167 Å². The van der Waals surface area contributed by atoms with Crippen LogP contribution in [-0.4, -0.2) is 24.6 Å². The van der Waals surface area contributed by atoms with E-state index >= 15 is 0 Å². The fraction of sp³-hybridized carbons (Fsp3) is 1.00. The van der Waals surface area contributed by atoms with Crippen LogP contribution in [0.2, 0.25) is 0 Å². The quantitative estimate of drug-likeness (QED) is 0.275. The van der Waals surface area contributed by atoms with Crippen molar-refractivity contribution in [3.63, 3.8) is 0 Å². The fourth-order valence-corrected chi connectivity index (χ4v) is 5.99. The zero-order valence-electron chi connectivity index (χ0n) is 23.5. The second kappa shape index (κ2) is 24.2. The molecule has 5 nitrogen and oxygen atoms in total. The third kappa shape index (κ3) is 19.6. The van der Waals surface area contributed by atoms with Crippen LogP contribution in [0, 0.1) is 5.92 Å². The highest BCUT2D eigenvalue weighted by molar-refractivity contribution is 4.63. The second-order valence-electron chi connectivity index (χ2n) is 11.6. The van der Waals surface area contributed by atoms with E-state index in [0.717, 1.165) is 25.6 Å². The normalized spacial score (nSPS) is 28.8. The molecule has 0 aromatic heterocycles. The summed E-state index contributed by atoms with van der Waals surface area (Å²) in [4.78, 5) is 0. The molecule has 3 heterocycles. The smallest absolute Gasteiger partial charge is 0.0144 e. The molecule has 0 unspecified atom stereocenters. The van der Waals surface area contributed by atoms with Gasteiger partial charge in [-0.2, -0.15) is 16.6 Å². The first-order valence-electron chi connectivity index (χ1n) is 16.2. The van der Waals surface area contributed by atoms with Crippen molar-refractivity contribution >= 4 is 0 Å². The Labute approximate surface area is 219 Å². The van der Waals surface area contributed by atoms with Crippen LogP contribution in [0.25, 0.3) is 0 Å². The van der Waals surface area contributed by atoms with Gasteiger partial charge in [-0.25, -0.2) is 10.4 Å². The van der Waals surface area contributed by atoms with E-state index in [-0.39, 0.29) is 0 Å². The van der Waals surface area contributed by atoms with Gasteiger partial charge in [0.1, 0.15) is 0 Å². The maximum Gasteiger partial charge on any atom is 0.0144 e. The molecule has 3 saturated heterocycles. The Balaban J connectivity index is 1.85. The molecule has 2 bridgehead atoms. The van der Waals surface area contributed by atoms with Crippen LogP contribution < -0.4 is 22.0 Å². The molecule has 0 saturated carbocycles. The maximum atomic E-state index is 3.41. The molecule has 0 aromatic rings. The van der Waals surface area contributed by atoms with Gasteiger partial charge in [0.2, 0.25) is 0 Å². The van der Waals surface area contributed by atoms with Gasteiger partial charge < -0.3 is 0 Å². The molecule has 3 aliphatic heterocycles. The predicted octanol–water partition coefficient (Wildman–Crippen LogP) is 8.09. The average molecular weight is 494 g/mol. The first-order valence-corrected chi connectivity index (χ1v) is 16.2. The van der Waals surface area contributed by atoms with Crippen molar-refractivity contribution in [1.82, 2.24) is 27.0 Å². The van der Waals surface area contributed by atoms with E-state index in [4.69, 9.17) is 0 Å². The Bertz CT molecular complexity index is 335.